The van der Waals surface area contributed by atoms with Crippen molar-refractivity contribution in [2.24, 2.45) is 0 Å². The van der Waals surface area contributed by atoms with E-state index in [4.69, 9.17) is 32.7 Å². The number of benzene rings is 1. The van der Waals surface area contributed by atoms with Crippen molar-refractivity contribution in [1.29, 1.82) is 0 Å². The molecule has 0 saturated carbocycles. The molecule has 1 aromatic heterocycles. The summed E-state index contributed by atoms with van der Waals surface area (Å²) >= 11 is 12.1. The Kier molecular flexibility index (Phi) is 8.31. The van der Waals surface area contributed by atoms with Crippen molar-refractivity contribution in [2.75, 3.05) is 32.8 Å². The first kappa shape index (κ1) is 23.5. The van der Waals surface area contributed by atoms with Crippen LogP contribution in [0.4, 0.5) is 0 Å². The average Bonchev–Trinajstić information content (AvgIpc) is 3.10. The summed E-state index contributed by atoms with van der Waals surface area (Å²) in [7, 11) is 0. The molecule has 168 valence electrons. The predicted molar refractivity (Wildman–Crippen MR) is 117 cm³/mol. The van der Waals surface area contributed by atoms with E-state index in [1.54, 1.807) is 24.5 Å². The van der Waals surface area contributed by atoms with E-state index in [9.17, 15) is 9.59 Å². The van der Waals surface area contributed by atoms with E-state index in [-0.39, 0.29) is 30.9 Å². The summed E-state index contributed by atoms with van der Waals surface area (Å²) in [5.74, 6) is -0.669. The number of nitrogens with zero attached hydrogens (tertiary/aromatic N) is 3. The van der Waals surface area contributed by atoms with Crippen molar-refractivity contribution in [1.82, 2.24) is 19.8 Å². The van der Waals surface area contributed by atoms with Crippen LogP contribution in [0.2, 0.25) is 10.0 Å². The van der Waals surface area contributed by atoms with Gasteiger partial charge in [-0.25, -0.2) is 9.78 Å². The minimum absolute atomic E-state index is 0.0674. The zero-order valence-electron chi connectivity index (χ0n) is 17.6. The lowest BCUT2D eigenvalue weighted by Gasteiger charge is -2.33. The zero-order chi connectivity index (χ0) is 22.4. The third kappa shape index (κ3) is 6.43. The number of aromatic nitrogens is 2. The number of carbonyl (C=O) groups is 2. The maximum Gasteiger partial charge on any atom is 0.358 e. The van der Waals surface area contributed by atoms with Crippen LogP contribution in [0.1, 0.15) is 28.7 Å². The first-order chi connectivity index (χ1) is 14.9. The second-order valence-electron chi connectivity index (χ2n) is 7.31. The second-order valence-corrected chi connectivity index (χ2v) is 8.12. The van der Waals surface area contributed by atoms with Gasteiger partial charge in [-0.05, 0) is 31.5 Å². The van der Waals surface area contributed by atoms with E-state index < -0.39 is 5.97 Å². The third-order valence-corrected chi connectivity index (χ3v) is 5.76. The molecule has 1 saturated heterocycles. The van der Waals surface area contributed by atoms with Crippen LogP contribution >= 0.6 is 23.2 Å². The molecule has 1 unspecified atom stereocenters. The number of hydrogen-bond acceptors (Lipinski definition) is 6. The molecule has 1 aromatic carbocycles. The lowest BCUT2D eigenvalue weighted by Crippen LogP contribution is -2.47. The molecule has 2 heterocycles. The average molecular weight is 469 g/mol. The summed E-state index contributed by atoms with van der Waals surface area (Å²) in [5, 5.41) is 3.98. The van der Waals surface area contributed by atoms with E-state index in [0.717, 1.165) is 18.7 Å². The van der Waals surface area contributed by atoms with Gasteiger partial charge in [0.05, 0.1) is 35.7 Å². The van der Waals surface area contributed by atoms with Gasteiger partial charge in [-0.15, -0.1) is 0 Å². The number of morpholine rings is 1. The molecule has 1 aliphatic rings. The fourth-order valence-corrected chi connectivity index (χ4v) is 3.71. The molecule has 8 nitrogen and oxygen atoms in total. The van der Waals surface area contributed by atoms with Gasteiger partial charge >= 0.3 is 5.97 Å². The highest BCUT2D eigenvalue weighted by atomic mass is 35.5. The number of imidazole rings is 1. The van der Waals surface area contributed by atoms with Crippen LogP contribution in [0, 0.1) is 6.92 Å². The number of hydrogen-bond donors (Lipinski definition) is 1. The van der Waals surface area contributed by atoms with E-state index in [2.05, 4.69) is 15.2 Å². The third-order valence-electron chi connectivity index (χ3n) is 5.02. The second kappa shape index (κ2) is 10.9. The predicted octanol–water partition coefficient (Wildman–Crippen LogP) is 2.69. The highest BCUT2D eigenvalue weighted by molar-refractivity contribution is 6.42. The monoisotopic (exact) mass is 468 g/mol. The molecule has 31 heavy (non-hydrogen) atoms. The standard InChI is InChI=1S/C21H26Cl2N4O4/c1-3-30-21(29)20-14(2)27(13-25-20)12-19(28)24-9-16-11-26(6-7-31-16)10-15-4-5-17(22)18(23)8-15/h4-5,8,13,16H,3,6-7,9-12H2,1-2H3,(H,24,28). The number of amides is 1. The van der Waals surface area contributed by atoms with E-state index in [1.165, 1.54) is 6.33 Å². The van der Waals surface area contributed by atoms with Crippen LogP contribution in [0.3, 0.4) is 0 Å². The van der Waals surface area contributed by atoms with E-state index in [0.29, 0.717) is 35.4 Å². The summed E-state index contributed by atoms with van der Waals surface area (Å²) in [4.78, 5) is 30.6. The van der Waals surface area contributed by atoms with Gasteiger partial charge in [0, 0.05) is 31.9 Å². The van der Waals surface area contributed by atoms with Crippen molar-refractivity contribution in [3.63, 3.8) is 0 Å². The number of rotatable bonds is 8. The van der Waals surface area contributed by atoms with Crippen LogP contribution in [0.15, 0.2) is 24.5 Å². The molecule has 1 atom stereocenters. The van der Waals surface area contributed by atoms with Crippen molar-refractivity contribution in [3.8, 4) is 0 Å². The summed E-state index contributed by atoms with van der Waals surface area (Å²) in [6, 6.07) is 5.62. The normalized spacial score (nSPS) is 16.8. The SMILES string of the molecule is CCOC(=O)c1ncn(CC(=O)NCC2CN(Cc3ccc(Cl)c(Cl)c3)CCO2)c1C. The maximum absolute atomic E-state index is 12.4. The molecule has 1 amide bonds. The molecule has 0 spiro atoms. The van der Waals surface area contributed by atoms with Crippen molar-refractivity contribution >= 4 is 35.1 Å². The first-order valence-electron chi connectivity index (χ1n) is 10.1. The highest BCUT2D eigenvalue weighted by Crippen LogP contribution is 2.23. The molecule has 0 bridgehead atoms. The molecule has 3 rings (SSSR count). The Morgan fingerprint density at radius 3 is 2.87 bits per heavy atom. The molecule has 1 fully saturated rings. The molecule has 1 N–H and O–H groups in total. The van der Waals surface area contributed by atoms with Gasteiger partial charge in [0.2, 0.25) is 5.91 Å². The molecule has 1 aliphatic heterocycles. The van der Waals surface area contributed by atoms with E-state index in [1.807, 2.05) is 12.1 Å². The van der Waals surface area contributed by atoms with Crippen LogP contribution in [-0.4, -0.2) is 65.3 Å². The number of carbonyl (C=O) groups excluding carboxylic acids is 2. The molecule has 2 aromatic rings. The van der Waals surface area contributed by atoms with Crippen molar-refractivity contribution in [2.45, 2.75) is 33.0 Å². The Hall–Kier alpha value is -2.13. The van der Waals surface area contributed by atoms with Crippen LogP contribution in [-0.2, 0) is 27.4 Å². The Bertz CT molecular complexity index is 934. The fraction of sp³-hybridized carbons (Fsp3) is 0.476. The lowest BCUT2D eigenvalue weighted by atomic mass is 10.2. The fourth-order valence-electron chi connectivity index (χ4n) is 3.38. The van der Waals surface area contributed by atoms with Crippen LogP contribution < -0.4 is 5.32 Å². The molecule has 0 radical (unpaired) electrons. The van der Waals surface area contributed by atoms with Gasteiger partial charge in [-0.1, -0.05) is 29.3 Å². The van der Waals surface area contributed by atoms with Crippen LogP contribution in [0.25, 0.3) is 0 Å². The topological polar surface area (TPSA) is 85.7 Å². The Morgan fingerprint density at radius 2 is 2.13 bits per heavy atom. The maximum atomic E-state index is 12.4. The Balaban J connectivity index is 1.47. The van der Waals surface area contributed by atoms with Crippen molar-refractivity contribution in [3.05, 3.63) is 51.5 Å². The number of halogens is 2. The zero-order valence-corrected chi connectivity index (χ0v) is 19.1. The van der Waals surface area contributed by atoms with Crippen molar-refractivity contribution < 1.29 is 19.1 Å². The van der Waals surface area contributed by atoms with Gasteiger partial charge in [0.1, 0.15) is 6.54 Å². The molecule has 0 aliphatic carbocycles. The lowest BCUT2D eigenvalue weighted by molar-refractivity contribution is -0.123. The smallest absolute Gasteiger partial charge is 0.358 e. The van der Waals surface area contributed by atoms with Gasteiger partial charge < -0.3 is 19.4 Å². The highest BCUT2D eigenvalue weighted by Gasteiger charge is 2.22. The number of esters is 1. The van der Waals surface area contributed by atoms with E-state index >= 15 is 0 Å². The molecular weight excluding hydrogens is 443 g/mol. The minimum Gasteiger partial charge on any atom is -0.461 e. The largest absolute Gasteiger partial charge is 0.461 e. The number of nitrogens with one attached hydrogen (secondary N) is 1. The summed E-state index contributed by atoms with van der Waals surface area (Å²) < 4.78 is 12.4. The van der Waals surface area contributed by atoms with Gasteiger partial charge in [0.15, 0.2) is 5.69 Å². The summed E-state index contributed by atoms with van der Waals surface area (Å²) in [5.41, 5.74) is 1.89. The van der Waals surface area contributed by atoms with Gasteiger partial charge in [-0.2, -0.15) is 0 Å². The quantitative estimate of drug-likeness (QED) is 0.599. The Morgan fingerprint density at radius 1 is 1.32 bits per heavy atom. The Labute approximate surface area is 191 Å². The first-order valence-corrected chi connectivity index (χ1v) is 10.9. The molecule has 10 heteroatoms. The number of ether oxygens (including phenoxy) is 2. The minimum atomic E-state index is -0.489. The van der Waals surface area contributed by atoms with Gasteiger partial charge in [-0.3, -0.25) is 9.69 Å². The summed E-state index contributed by atoms with van der Waals surface area (Å²) in [6.07, 6.45) is 1.36. The van der Waals surface area contributed by atoms with Crippen LogP contribution in [0.5, 0.6) is 0 Å². The molecular formula is C21H26Cl2N4O4. The van der Waals surface area contributed by atoms with Gasteiger partial charge in [0.25, 0.3) is 0 Å². The summed E-state index contributed by atoms with van der Waals surface area (Å²) in [6.45, 7) is 7.02.